The third kappa shape index (κ3) is 4.54. The summed E-state index contributed by atoms with van der Waals surface area (Å²) in [5, 5.41) is 5.91. The summed E-state index contributed by atoms with van der Waals surface area (Å²) in [6.45, 7) is 2.85. The van der Waals surface area contributed by atoms with E-state index >= 15 is 0 Å². The number of aromatic nitrogens is 3. The maximum Gasteiger partial charge on any atom is 0.270 e. The van der Waals surface area contributed by atoms with Gasteiger partial charge < -0.3 is 15.4 Å². The van der Waals surface area contributed by atoms with Gasteiger partial charge in [0.15, 0.2) is 0 Å². The Hall–Kier alpha value is -3.48. The fourth-order valence-electron chi connectivity index (χ4n) is 2.29. The van der Waals surface area contributed by atoms with Crippen LogP contribution in [0, 0.1) is 0 Å². The van der Waals surface area contributed by atoms with Crippen LogP contribution in [0.1, 0.15) is 23.0 Å². The highest BCUT2D eigenvalue weighted by molar-refractivity contribution is 5.92. The van der Waals surface area contributed by atoms with E-state index in [0.29, 0.717) is 24.8 Å². The van der Waals surface area contributed by atoms with Crippen LogP contribution in [0.15, 0.2) is 61.1 Å². The van der Waals surface area contributed by atoms with Crippen molar-refractivity contribution in [1.82, 2.24) is 20.3 Å². The van der Waals surface area contributed by atoms with Crippen molar-refractivity contribution in [2.75, 3.05) is 11.9 Å². The second-order valence-corrected chi connectivity index (χ2v) is 5.36. The SMILES string of the molecule is CCOc1ccccc1Nc1nccc(C(=O)NCc2cccnc2)n1. The van der Waals surface area contributed by atoms with E-state index in [0.717, 1.165) is 11.3 Å². The van der Waals surface area contributed by atoms with Gasteiger partial charge in [-0.25, -0.2) is 9.97 Å². The highest BCUT2D eigenvalue weighted by Gasteiger charge is 2.10. The molecule has 0 spiro atoms. The minimum Gasteiger partial charge on any atom is -0.492 e. The van der Waals surface area contributed by atoms with Crippen molar-refractivity contribution < 1.29 is 9.53 Å². The lowest BCUT2D eigenvalue weighted by Gasteiger charge is -2.11. The third-order valence-corrected chi connectivity index (χ3v) is 3.50. The van der Waals surface area contributed by atoms with Crippen molar-refractivity contribution in [2.45, 2.75) is 13.5 Å². The first kappa shape index (κ1) is 17.3. The first-order chi connectivity index (χ1) is 12.8. The van der Waals surface area contributed by atoms with E-state index in [-0.39, 0.29) is 11.6 Å². The van der Waals surface area contributed by atoms with Crippen molar-refractivity contribution in [3.63, 3.8) is 0 Å². The summed E-state index contributed by atoms with van der Waals surface area (Å²) in [5.74, 6) is 0.744. The van der Waals surface area contributed by atoms with Gasteiger partial charge in [0, 0.05) is 25.1 Å². The molecule has 0 aliphatic heterocycles. The van der Waals surface area contributed by atoms with Crippen LogP contribution >= 0.6 is 0 Å². The summed E-state index contributed by atoms with van der Waals surface area (Å²) in [5.41, 5.74) is 1.93. The largest absolute Gasteiger partial charge is 0.492 e. The average molecular weight is 349 g/mol. The Morgan fingerprint density at radius 3 is 2.81 bits per heavy atom. The van der Waals surface area contributed by atoms with Crippen LogP contribution in [0.2, 0.25) is 0 Å². The Morgan fingerprint density at radius 2 is 2.00 bits per heavy atom. The maximum absolute atomic E-state index is 12.3. The molecule has 0 fully saturated rings. The van der Waals surface area contributed by atoms with Gasteiger partial charge in [0.1, 0.15) is 11.4 Å². The smallest absolute Gasteiger partial charge is 0.270 e. The van der Waals surface area contributed by atoms with E-state index in [2.05, 4.69) is 25.6 Å². The number of ether oxygens (including phenoxy) is 1. The lowest BCUT2D eigenvalue weighted by atomic mass is 10.3. The summed E-state index contributed by atoms with van der Waals surface area (Å²) in [6.07, 6.45) is 4.93. The third-order valence-electron chi connectivity index (χ3n) is 3.50. The van der Waals surface area contributed by atoms with E-state index in [4.69, 9.17) is 4.74 Å². The Labute approximate surface area is 151 Å². The van der Waals surface area contributed by atoms with E-state index < -0.39 is 0 Å². The molecule has 0 saturated carbocycles. The van der Waals surface area contributed by atoms with Crippen molar-refractivity contribution in [3.8, 4) is 5.75 Å². The number of para-hydroxylation sites is 2. The molecule has 26 heavy (non-hydrogen) atoms. The molecule has 0 aliphatic rings. The molecule has 0 radical (unpaired) electrons. The highest BCUT2D eigenvalue weighted by atomic mass is 16.5. The van der Waals surface area contributed by atoms with Crippen LogP contribution in [0.5, 0.6) is 5.75 Å². The fourth-order valence-corrected chi connectivity index (χ4v) is 2.29. The number of hydrogen-bond acceptors (Lipinski definition) is 6. The summed E-state index contributed by atoms with van der Waals surface area (Å²) in [6, 6.07) is 12.8. The van der Waals surface area contributed by atoms with E-state index in [1.165, 1.54) is 6.20 Å². The van der Waals surface area contributed by atoms with Gasteiger partial charge >= 0.3 is 0 Å². The van der Waals surface area contributed by atoms with E-state index in [1.54, 1.807) is 18.5 Å². The zero-order valence-electron chi connectivity index (χ0n) is 14.3. The Balaban J connectivity index is 1.69. The number of pyridine rings is 1. The van der Waals surface area contributed by atoms with Crippen molar-refractivity contribution >= 4 is 17.5 Å². The second kappa shape index (κ2) is 8.57. The molecule has 0 aliphatic carbocycles. The zero-order chi connectivity index (χ0) is 18.2. The molecule has 0 unspecified atom stereocenters. The number of hydrogen-bond donors (Lipinski definition) is 2. The van der Waals surface area contributed by atoms with Gasteiger partial charge in [-0.05, 0) is 36.8 Å². The molecular formula is C19H19N5O2. The van der Waals surface area contributed by atoms with Crippen LogP contribution < -0.4 is 15.4 Å². The number of amides is 1. The Bertz CT molecular complexity index is 871. The molecule has 132 valence electrons. The molecule has 0 saturated heterocycles. The van der Waals surface area contributed by atoms with Crippen LogP contribution in [0.4, 0.5) is 11.6 Å². The molecule has 3 aromatic rings. The number of carbonyl (C=O) groups excluding carboxylic acids is 1. The fraction of sp³-hybridized carbons (Fsp3) is 0.158. The highest BCUT2D eigenvalue weighted by Crippen LogP contribution is 2.25. The molecule has 0 bridgehead atoms. The monoisotopic (exact) mass is 349 g/mol. The van der Waals surface area contributed by atoms with Gasteiger partial charge in [-0.3, -0.25) is 9.78 Å². The minimum atomic E-state index is -0.280. The lowest BCUT2D eigenvalue weighted by molar-refractivity contribution is 0.0946. The number of anilines is 2. The number of rotatable bonds is 7. The van der Waals surface area contributed by atoms with Crippen molar-refractivity contribution in [3.05, 3.63) is 72.3 Å². The molecule has 7 heteroatoms. The lowest BCUT2D eigenvalue weighted by Crippen LogP contribution is -2.24. The van der Waals surface area contributed by atoms with Crippen molar-refractivity contribution in [1.29, 1.82) is 0 Å². The Kier molecular flexibility index (Phi) is 5.72. The first-order valence-electron chi connectivity index (χ1n) is 8.25. The predicted molar refractivity (Wildman–Crippen MR) is 98.3 cm³/mol. The first-order valence-corrected chi connectivity index (χ1v) is 8.25. The van der Waals surface area contributed by atoms with Crippen LogP contribution in [-0.2, 0) is 6.54 Å². The molecular weight excluding hydrogens is 330 g/mol. The minimum absolute atomic E-state index is 0.278. The number of benzene rings is 1. The zero-order valence-corrected chi connectivity index (χ0v) is 14.3. The topological polar surface area (TPSA) is 89.0 Å². The molecule has 0 atom stereocenters. The molecule has 3 rings (SSSR count). The molecule has 2 heterocycles. The van der Waals surface area contributed by atoms with E-state index in [9.17, 15) is 4.79 Å². The van der Waals surface area contributed by atoms with Gasteiger partial charge in [-0.1, -0.05) is 18.2 Å². The van der Waals surface area contributed by atoms with Gasteiger partial charge in [0.2, 0.25) is 5.95 Å². The van der Waals surface area contributed by atoms with Gasteiger partial charge in [-0.15, -0.1) is 0 Å². The Morgan fingerprint density at radius 1 is 1.12 bits per heavy atom. The molecule has 2 N–H and O–H groups in total. The second-order valence-electron chi connectivity index (χ2n) is 5.36. The molecule has 7 nitrogen and oxygen atoms in total. The van der Waals surface area contributed by atoms with Crippen LogP contribution in [-0.4, -0.2) is 27.5 Å². The normalized spacial score (nSPS) is 10.2. The summed E-state index contributed by atoms with van der Waals surface area (Å²) in [4.78, 5) is 24.8. The number of nitrogens with one attached hydrogen (secondary N) is 2. The van der Waals surface area contributed by atoms with Crippen LogP contribution in [0.25, 0.3) is 0 Å². The molecule has 1 amide bonds. The quantitative estimate of drug-likeness (QED) is 0.682. The summed E-state index contributed by atoms with van der Waals surface area (Å²) in [7, 11) is 0. The average Bonchev–Trinajstić information content (AvgIpc) is 2.69. The number of nitrogens with zero attached hydrogens (tertiary/aromatic N) is 3. The maximum atomic E-state index is 12.3. The van der Waals surface area contributed by atoms with E-state index in [1.807, 2.05) is 43.3 Å². The van der Waals surface area contributed by atoms with Gasteiger partial charge in [0.05, 0.1) is 12.3 Å². The summed E-state index contributed by atoms with van der Waals surface area (Å²) >= 11 is 0. The van der Waals surface area contributed by atoms with Crippen LogP contribution in [0.3, 0.4) is 0 Å². The van der Waals surface area contributed by atoms with Crippen molar-refractivity contribution in [2.24, 2.45) is 0 Å². The summed E-state index contributed by atoms with van der Waals surface area (Å²) < 4.78 is 5.57. The predicted octanol–water partition coefficient (Wildman–Crippen LogP) is 2.94. The van der Waals surface area contributed by atoms with Gasteiger partial charge in [0.25, 0.3) is 5.91 Å². The molecule has 1 aromatic carbocycles. The van der Waals surface area contributed by atoms with Gasteiger partial charge in [-0.2, -0.15) is 0 Å². The number of carbonyl (C=O) groups is 1. The molecule has 2 aromatic heterocycles. The standard InChI is InChI=1S/C19H19N5O2/c1-2-26-17-8-4-3-7-15(17)23-19-21-11-9-16(24-19)18(25)22-13-14-6-5-10-20-12-14/h3-12H,2,13H2,1H3,(H,22,25)(H,21,23,24).